The lowest BCUT2D eigenvalue weighted by Gasteiger charge is -2.21. The third-order valence-electron chi connectivity index (χ3n) is 17.0. The smallest absolute Gasteiger partial charge is 0.0547 e. The minimum absolute atomic E-state index is 0.975. The minimum Gasteiger partial charge on any atom is -0.309 e. The zero-order chi connectivity index (χ0) is 51.0. The van der Waals surface area contributed by atoms with Crippen LogP contribution in [0.1, 0.15) is 11.1 Å². The monoisotopic (exact) mass is 992 g/mol. The van der Waals surface area contributed by atoms with Crippen LogP contribution in [0.25, 0.3) is 143 Å². The van der Waals surface area contributed by atoms with Gasteiger partial charge in [-0.1, -0.05) is 133 Å². The van der Waals surface area contributed by atoms with Gasteiger partial charge in [0.25, 0.3) is 0 Å². The molecule has 0 aliphatic heterocycles. The van der Waals surface area contributed by atoms with Crippen LogP contribution in [0.5, 0.6) is 0 Å². The van der Waals surface area contributed by atoms with Gasteiger partial charge < -0.3 is 18.3 Å². The van der Waals surface area contributed by atoms with Gasteiger partial charge in [-0.25, -0.2) is 0 Å². The molecule has 12 aromatic carbocycles. The molecule has 0 unspecified atom stereocenters. The van der Waals surface area contributed by atoms with E-state index in [0.717, 1.165) is 24.2 Å². The average molecular weight is 993 g/mol. The topological polar surface area (TPSA) is 19.7 Å². The van der Waals surface area contributed by atoms with E-state index < -0.39 is 0 Å². The van der Waals surface area contributed by atoms with E-state index in [0.29, 0.717) is 0 Å². The number of fused-ring (bicyclic) bond motifs is 15. The summed E-state index contributed by atoms with van der Waals surface area (Å²) in [5.41, 5.74) is 24.7. The fourth-order valence-electron chi connectivity index (χ4n) is 13.5. The number of aryl methyl sites for hydroxylation is 2. The van der Waals surface area contributed by atoms with Crippen molar-refractivity contribution in [2.24, 2.45) is 0 Å². The highest BCUT2D eigenvalue weighted by Crippen LogP contribution is 2.46. The first-order valence-electron chi connectivity index (χ1n) is 27.2. The lowest BCUT2D eigenvalue weighted by molar-refractivity contribution is 0.946. The second kappa shape index (κ2) is 16.7. The number of hydrogen-bond donors (Lipinski definition) is 0. The molecule has 0 radical (unpaired) electrons. The van der Waals surface area contributed by atoms with Crippen molar-refractivity contribution < 1.29 is 0 Å². The van der Waals surface area contributed by atoms with E-state index in [1.54, 1.807) is 0 Å². The van der Waals surface area contributed by atoms with Crippen LogP contribution in [0.3, 0.4) is 0 Å². The van der Waals surface area contributed by atoms with E-state index >= 15 is 0 Å². The van der Waals surface area contributed by atoms with Crippen molar-refractivity contribution >= 4 is 87.2 Å². The molecule has 4 heterocycles. The highest BCUT2D eigenvalue weighted by Gasteiger charge is 2.25. The Morgan fingerprint density at radius 3 is 0.782 bits per heavy atom. The molecule has 0 saturated carbocycles. The first-order valence-corrected chi connectivity index (χ1v) is 27.2. The molecule has 78 heavy (non-hydrogen) atoms. The van der Waals surface area contributed by atoms with Gasteiger partial charge in [-0.15, -0.1) is 0 Å². The summed E-state index contributed by atoms with van der Waals surface area (Å²) in [6.07, 6.45) is 1.95. The van der Waals surface area contributed by atoms with Crippen molar-refractivity contribution in [3.63, 3.8) is 0 Å². The zero-order valence-electron chi connectivity index (χ0n) is 42.6. The molecule has 1 aliphatic carbocycles. The molecule has 16 aromatic rings. The first-order chi connectivity index (χ1) is 38.7. The Hall–Kier alpha value is -10.2. The number of benzene rings is 12. The van der Waals surface area contributed by atoms with Gasteiger partial charge in [0.05, 0.1) is 44.1 Å². The van der Waals surface area contributed by atoms with Gasteiger partial charge in [0.15, 0.2) is 0 Å². The Bertz CT molecular complexity index is 4790. The van der Waals surface area contributed by atoms with E-state index in [2.05, 4.69) is 285 Å². The summed E-state index contributed by atoms with van der Waals surface area (Å²) in [4.78, 5) is 0. The average Bonchev–Trinajstić information content (AvgIpc) is 4.43. The van der Waals surface area contributed by atoms with Crippen molar-refractivity contribution in [2.75, 3.05) is 0 Å². The van der Waals surface area contributed by atoms with Crippen LogP contribution < -0.4 is 0 Å². The first kappa shape index (κ1) is 43.1. The highest BCUT2D eigenvalue weighted by atomic mass is 15.0. The lowest BCUT2D eigenvalue weighted by Crippen LogP contribution is -2.05. The van der Waals surface area contributed by atoms with Crippen molar-refractivity contribution in [3.05, 3.63) is 278 Å². The van der Waals surface area contributed by atoms with Gasteiger partial charge in [0, 0.05) is 65.8 Å². The second-order valence-electron chi connectivity index (χ2n) is 21.2. The molecule has 0 bridgehead atoms. The van der Waals surface area contributed by atoms with Crippen molar-refractivity contribution in [2.45, 2.75) is 12.8 Å². The summed E-state index contributed by atoms with van der Waals surface area (Å²) < 4.78 is 9.75. The Morgan fingerprint density at radius 1 is 0.192 bits per heavy atom. The van der Waals surface area contributed by atoms with Crippen molar-refractivity contribution in [3.8, 4) is 56.1 Å². The van der Waals surface area contributed by atoms with E-state index in [9.17, 15) is 0 Å². The molecule has 0 N–H and O–H groups in total. The summed E-state index contributed by atoms with van der Waals surface area (Å²) >= 11 is 0. The lowest BCUT2D eigenvalue weighted by atomic mass is 9.84. The Morgan fingerprint density at radius 2 is 0.449 bits per heavy atom. The van der Waals surface area contributed by atoms with Crippen LogP contribution >= 0.6 is 0 Å². The van der Waals surface area contributed by atoms with Gasteiger partial charge in [0.2, 0.25) is 0 Å². The predicted octanol–water partition coefficient (Wildman–Crippen LogP) is 19.2. The van der Waals surface area contributed by atoms with Crippen LogP contribution in [0.2, 0.25) is 0 Å². The molecule has 4 aromatic heterocycles. The fourth-order valence-corrected chi connectivity index (χ4v) is 13.5. The third kappa shape index (κ3) is 6.35. The molecule has 364 valence electrons. The molecule has 0 amide bonds. The van der Waals surface area contributed by atoms with E-state index in [1.165, 1.54) is 143 Å². The molecule has 0 fully saturated rings. The van der Waals surface area contributed by atoms with E-state index in [1.807, 2.05) is 0 Å². The maximum Gasteiger partial charge on any atom is 0.0547 e. The van der Waals surface area contributed by atoms with Gasteiger partial charge in [-0.2, -0.15) is 0 Å². The third-order valence-corrected chi connectivity index (χ3v) is 17.0. The Kier molecular flexibility index (Phi) is 9.21. The fraction of sp³-hybridized carbons (Fsp3) is 0.0270. The standard InChI is InChI=1S/C74H48N4/c1-5-17-53(18-6-1)75-67-27-15-13-25-57(67)61-39-47(31-35-69(61)75)49-33-37-71-63(41-49)65-43-51-29-30-52-44-66-64-42-50(48-32-36-70-62(40-48)58-26-14-16-28-68(58)76(70)54-19-7-2-8-20-54)34-38-72(64)78(56-23-11-4-12-24-56)74(66)46-60(52)59(51)45-73(65)77(71)55-21-9-3-10-22-55/h1-28,31-46H,29-30H2. The Labute approximate surface area is 450 Å². The number of hydrogen-bond acceptors (Lipinski definition) is 0. The van der Waals surface area contributed by atoms with Crippen molar-refractivity contribution in [1.29, 1.82) is 0 Å². The molecular weight excluding hydrogens is 945 g/mol. The van der Waals surface area contributed by atoms with Crippen LogP contribution in [0.15, 0.2) is 267 Å². The summed E-state index contributed by atoms with van der Waals surface area (Å²) in [6, 6.07) is 99.1. The van der Waals surface area contributed by atoms with Crippen molar-refractivity contribution in [1.82, 2.24) is 18.3 Å². The maximum atomic E-state index is 2.52. The van der Waals surface area contributed by atoms with Crippen LogP contribution in [0.4, 0.5) is 0 Å². The van der Waals surface area contributed by atoms with Gasteiger partial charge >= 0.3 is 0 Å². The quantitative estimate of drug-likeness (QED) is 0.158. The normalized spacial score (nSPS) is 12.5. The summed E-state index contributed by atoms with van der Waals surface area (Å²) in [7, 11) is 0. The van der Waals surface area contributed by atoms with Gasteiger partial charge in [0.1, 0.15) is 0 Å². The van der Waals surface area contributed by atoms with Gasteiger partial charge in [-0.3, -0.25) is 0 Å². The molecule has 1 aliphatic rings. The SMILES string of the molecule is c1ccc(-n2c3ccccc3c3cc(-c4ccc5c(c4)c4cc6c(cc4n5-c4ccccc4)-c4cc5c(cc4CC6)c4cc(-c6ccc7c(c6)c6ccccc6n7-c6ccccc6)ccc4n5-c4ccccc4)ccc32)cc1. The van der Waals surface area contributed by atoms with E-state index in [4.69, 9.17) is 0 Å². The summed E-state index contributed by atoms with van der Waals surface area (Å²) in [5.74, 6) is 0. The second-order valence-corrected chi connectivity index (χ2v) is 21.2. The molecule has 0 spiro atoms. The van der Waals surface area contributed by atoms with Crippen LogP contribution in [-0.2, 0) is 12.8 Å². The molecule has 4 nitrogen and oxygen atoms in total. The molecule has 4 heteroatoms. The molecule has 0 saturated heterocycles. The zero-order valence-corrected chi connectivity index (χ0v) is 42.6. The highest BCUT2D eigenvalue weighted by molar-refractivity contribution is 6.16. The van der Waals surface area contributed by atoms with E-state index in [-0.39, 0.29) is 0 Å². The number of aromatic nitrogens is 4. The number of rotatable bonds is 6. The minimum atomic E-state index is 0.975. The maximum absolute atomic E-state index is 2.52. The number of nitrogens with zero attached hydrogens (tertiary/aromatic N) is 4. The summed E-state index contributed by atoms with van der Waals surface area (Å²) in [6.45, 7) is 0. The van der Waals surface area contributed by atoms with Crippen LogP contribution in [-0.4, -0.2) is 18.3 Å². The summed E-state index contributed by atoms with van der Waals surface area (Å²) in [5, 5.41) is 10.1. The van der Waals surface area contributed by atoms with Crippen LogP contribution in [0, 0.1) is 0 Å². The molecular formula is C74H48N4. The molecule has 0 atom stereocenters. The largest absolute Gasteiger partial charge is 0.309 e. The molecule has 17 rings (SSSR count). The Balaban J connectivity index is 0.832. The number of para-hydroxylation sites is 6. The predicted molar refractivity (Wildman–Crippen MR) is 328 cm³/mol. The van der Waals surface area contributed by atoms with Gasteiger partial charge in [-0.05, 0) is 191 Å².